The summed E-state index contributed by atoms with van der Waals surface area (Å²) in [4.78, 5) is 17.7. The van der Waals surface area contributed by atoms with E-state index in [1.54, 1.807) is 11.1 Å². The van der Waals surface area contributed by atoms with Crippen LogP contribution >= 0.6 is 0 Å². The minimum absolute atomic E-state index is 0.0324. The van der Waals surface area contributed by atoms with E-state index < -0.39 is 0 Å². The van der Waals surface area contributed by atoms with Crippen LogP contribution < -0.4 is 5.32 Å². The molecule has 0 aromatic carbocycles. The van der Waals surface area contributed by atoms with Crippen LogP contribution in [-0.2, 0) is 6.54 Å². The number of hydrogen-bond donors (Lipinski definition) is 1. The molecule has 1 aromatic rings. The van der Waals surface area contributed by atoms with Crippen molar-refractivity contribution in [1.82, 2.24) is 15.2 Å². The molecule has 0 spiro atoms. The number of rotatable bonds is 4. The number of aryl methyl sites for hydroxylation is 1. The summed E-state index contributed by atoms with van der Waals surface area (Å²) in [5.74, 6) is 0. The average Bonchev–Trinajstić information content (AvgIpc) is 2.29. The average molecular weight is 221 g/mol. The zero-order valence-electron chi connectivity index (χ0n) is 10.2. The van der Waals surface area contributed by atoms with E-state index in [0.29, 0.717) is 6.54 Å². The van der Waals surface area contributed by atoms with Crippen molar-refractivity contribution in [2.24, 2.45) is 0 Å². The Hall–Kier alpha value is -1.58. The maximum Gasteiger partial charge on any atom is 0.317 e. The molecule has 1 rings (SSSR count). The van der Waals surface area contributed by atoms with Crippen molar-refractivity contribution >= 4 is 6.03 Å². The topological polar surface area (TPSA) is 45.2 Å². The highest BCUT2D eigenvalue weighted by molar-refractivity contribution is 5.74. The number of hydrogen-bond acceptors (Lipinski definition) is 2. The van der Waals surface area contributed by atoms with Crippen LogP contribution in [0, 0.1) is 6.92 Å². The zero-order chi connectivity index (χ0) is 12.0. The molecule has 0 aliphatic heterocycles. The van der Waals surface area contributed by atoms with E-state index in [1.165, 1.54) is 0 Å². The molecule has 0 fully saturated rings. The van der Waals surface area contributed by atoms with Gasteiger partial charge in [0.2, 0.25) is 0 Å². The quantitative estimate of drug-likeness (QED) is 0.844. The molecule has 0 atom stereocenters. The standard InChI is InChI=1S/C12H19N3O/c1-4-15(5-2)12(16)14-9-11-10(3)7-6-8-13-11/h6-8H,4-5,9H2,1-3H3,(H,14,16). The Kier molecular flexibility index (Phi) is 4.76. The number of carbonyl (C=O) groups is 1. The van der Waals surface area contributed by atoms with Crippen molar-refractivity contribution in [3.05, 3.63) is 29.6 Å². The third-order valence-electron chi connectivity index (χ3n) is 2.58. The van der Waals surface area contributed by atoms with Crippen molar-refractivity contribution in [2.45, 2.75) is 27.3 Å². The van der Waals surface area contributed by atoms with Crippen LogP contribution in [0.4, 0.5) is 4.79 Å². The van der Waals surface area contributed by atoms with E-state index in [0.717, 1.165) is 24.3 Å². The fourth-order valence-electron chi connectivity index (χ4n) is 1.49. The molecule has 2 amide bonds. The molecule has 1 heterocycles. The molecule has 1 N–H and O–H groups in total. The van der Waals surface area contributed by atoms with Crippen molar-refractivity contribution in [2.75, 3.05) is 13.1 Å². The third-order valence-corrected chi connectivity index (χ3v) is 2.58. The first-order valence-corrected chi connectivity index (χ1v) is 5.62. The summed E-state index contributed by atoms with van der Waals surface area (Å²) in [5.41, 5.74) is 2.02. The van der Waals surface area contributed by atoms with Gasteiger partial charge < -0.3 is 10.2 Å². The zero-order valence-corrected chi connectivity index (χ0v) is 10.2. The third kappa shape index (κ3) is 3.22. The molecule has 0 radical (unpaired) electrons. The molecule has 88 valence electrons. The van der Waals surface area contributed by atoms with Crippen molar-refractivity contribution in [3.8, 4) is 0 Å². The van der Waals surface area contributed by atoms with Crippen LogP contribution in [-0.4, -0.2) is 29.0 Å². The summed E-state index contributed by atoms with van der Waals surface area (Å²) in [6, 6.07) is 3.85. The van der Waals surface area contributed by atoms with Crippen LogP contribution in [0.5, 0.6) is 0 Å². The van der Waals surface area contributed by atoms with Gasteiger partial charge >= 0.3 is 6.03 Å². The van der Waals surface area contributed by atoms with E-state index in [9.17, 15) is 4.79 Å². The number of pyridine rings is 1. The van der Waals surface area contributed by atoms with Gasteiger partial charge in [0.1, 0.15) is 0 Å². The molecule has 0 bridgehead atoms. The Labute approximate surface area is 96.7 Å². The van der Waals surface area contributed by atoms with E-state index >= 15 is 0 Å². The van der Waals surface area contributed by atoms with Crippen LogP contribution in [0.2, 0.25) is 0 Å². The lowest BCUT2D eigenvalue weighted by Crippen LogP contribution is -2.39. The predicted molar refractivity (Wildman–Crippen MR) is 64.1 cm³/mol. The number of carbonyl (C=O) groups excluding carboxylic acids is 1. The Balaban J connectivity index is 2.52. The molecule has 4 heteroatoms. The fourth-order valence-corrected chi connectivity index (χ4v) is 1.49. The second-order valence-corrected chi connectivity index (χ2v) is 3.60. The highest BCUT2D eigenvalue weighted by Gasteiger charge is 2.08. The van der Waals surface area contributed by atoms with E-state index in [-0.39, 0.29) is 6.03 Å². The Morgan fingerprint density at radius 3 is 2.69 bits per heavy atom. The lowest BCUT2D eigenvalue weighted by molar-refractivity contribution is 0.202. The van der Waals surface area contributed by atoms with Crippen molar-refractivity contribution < 1.29 is 4.79 Å². The van der Waals surface area contributed by atoms with E-state index in [1.807, 2.05) is 32.9 Å². The van der Waals surface area contributed by atoms with Gasteiger partial charge in [-0.25, -0.2) is 4.79 Å². The molecule has 0 aliphatic rings. The monoisotopic (exact) mass is 221 g/mol. The maximum atomic E-state index is 11.7. The lowest BCUT2D eigenvalue weighted by atomic mass is 10.2. The lowest BCUT2D eigenvalue weighted by Gasteiger charge is -2.19. The number of urea groups is 1. The highest BCUT2D eigenvalue weighted by atomic mass is 16.2. The first-order chi connectivity index (χ1) is 7.69. The number of nitrogens with one attached hydrogen (secondary N) is 1. The maximum absolute atomic E-state index is 11.7. The molecule has 16 heavy (non-hydrogen) atoms. The van der Waals surface area contributed by atoms with Gasteiger partial charge in [-0.05, 0) is 32.4 Å². The van der Waals surface area contributed by atoms with Gasteiger partial charge in [0.25, 0.3) is 0 Å². The molecular weight excluding hydrogens is 202 g/mol. The summed E-state index contributed by atoms with van der Waals surface area (Å²) in [6.45, 7) is 7.87. The Bertz CT molecular complexity index is 348. The van der Waals surface area contributed by atoms with Crippen LogP contribution in [0.1, 0.15) is 25.1 Å². The van der Waals surface area contributed by atoms with Crippen molar-refractivity contribution in [1.29, 1.82) is 0 Å². The van der Waals surface area contributed by atoms with Gasteiger partial charge in [0.15, 0.2) is 0 Å². The first kappa shape index (κ1) is 12.5. The summed E-state index contributed by atoms with van der Waals surface area (Å²) in [6.07, 6.45) is 1.74. The van der Waals surface area contributed by atoms with Crippen LogP contribution in [0.15, 0.2) is 18.3 Å². The largest absolute Gasteiger partial charge is 0.332 e. The van der Waals surface area contributed by atoms with Gasteiger partial charge in [0, 0.05) is 19.3 Å². The fraction of sp³-hybridized carbons (Fsp3) is 0.500. The molecule has 0 unspecified atom stereocenters. The second kappa shape index (κ2) is 6.10. The van der Waals surface area contributed by atoms with Gasteiger partial charge in [-0.1, -0.05) is 6.07 Å². The highest BCUT2D eigenvalue weighted by Crippen LogP contribution is 2.02. The number of nitrogens with zero attached hydrogens (tertiary/aromatic N) is 2. The second-order valence-electron chi connectivity index (χ2n) is 3.60. The summed E-state index contributed by atoms with van der Waals surface area (Å²) >= 11 is 0. The SMILES string of the molecule is CCN(CC)C(=O)NCc1ncccc1C. The van der Waals surface area contributed by atoms with Gasteiger partial charge in [-0.3, -0.25) is 4.98 Å². The minimum atomic E-state index is -0.0324. The summed E-state index contributed by atoms with van der Waals surface area (Å²) < 4.78 is 0. The molecule has 0 saturated heterocycles. The van der Waals surface area contributed by atoms with E-state index in [4.69, 9.17) is 0 Å². The molecule has 1 aromatic heterocycles. The van der Waals surface area contributed by atoms with Crippen molar-refractivity contribution in [3.63, 3.8) is 0 Å². The Morgan fingerprint density at radius 2 is 2.12 bits per heavy atom. The molecular formula is C12H19N3O. The smallest absolute Gasteiger partial charge is 0.317 e. The number of aromatic nitrogens is 1. The van der Waals surface area contributed by atoms with Crippen LogP contribution in [0.25, 0.3) is 0 Å². The molecule has 0 aliphatic carbocycles. The predicted octanol–water partition coefficient (Wildman–Crippen LogP) is 1.94. The Morgan fingerprint density at radius 1 is 1.44 bits per heavy atom. The number of amides is 2. The molecule has 0 saturated carbocycles. The van der Waals surface area contributed by atoms with Gasteiger partial charge in [0.05, 0.1) is 12.2 Å². The van der Waals surface area contributed by atoms with Crippen LogP contribution in [0.3, 0.4) is 0 Å². The van der Waals surface area contributed by atoms with Gasteiger partial charge in [-0.15, -0.1) is 0 Å². The first-order valence-electron chi connectivity index (χ1n) is 5.62. The summed E-state index contributed by atoms with van der Waals surface area (Å²) in [7, 11) is 0. The molecule has 4 nitrogen and oxygen atoms in total. The van der Waals surface area contributed by atoms with E-state index in [2.05, 4.69) is 10.3 Å². The normalized spacial score (nSPS) is 9.94. The summed E-state index contributed by atoms with van der Waals surface area (Å²) in [5, 5.41) is 2.87. The minimum Gasteiger partial charge on any atom is -0.332 e. The van der Waals surface area contributed by atoms with Gasteiger partial charge in [-0.2, -0.15) is 0 Å².